The van der Waals surface area contributed by atoms with Gasteiger partial charge < -0.3 is 14.5 Å². The van der Waals surface area contributed by atoms with Gasteiger partial charge in [-0.1, -0.05) is 17.8 Å². The van der Waals surface area contributed by atoms with Crippen molar-refractivity contribution in [1.82, 2.24) is 14.8 Å². The quantitative estimate of drug-likeness (QED) is 0.812. The van der Waals surface area contributed by atoms with Crippen LogP contribution in [0.4, 0.5) is 0 Å². The Hall–Kier alpha value is -1.14. The largest absolute Gasteiger partial charge is 0.467 e. The molecule has 26 heavy (non-hydrogen) atoms. The van der Waals surface area contributed by atoms with Crippen molar-refractivity contribution in [2.75, 3.05) is 26.2 Å². The van der Waals surface area contributed by atoms with Gasteiger partial charge in [-0.15, -0.1) is 0 Å². The van der Waals surface area contributed by atoms with Crippen LogP contribution in [0.25, 0.3) is 0 Å². The van der Waals surface area contributed by atoms with Crippen LogP contribution in [-0.2, 0) is 17.6 Å². The molecule has 1 aromatic rings. The van der Waals surface area contributed by atoms with E-state index in [2.05, 4.69) is 9.80 Å². The van der Waals surface area contributed by atoms with Crippen LogP contribution in [0.15, 0.2) is 0 Å². The minimum Gasteiger partial charge on any atom is -0.467 e. The van der Waals surface area contributed by atoms with Crippen molar-refractivity contribution in [3.05, 3.63) is 10.6 Å². The third-order valence-electron chi connectivity index (χ3n) is 6.56. The third-order valence-corrected chi connectivity index (χ3v) is 7.61. The van der Waals surface area contributed by atoms with Crippen molar-refractivity contribution in [1.29, 1.82) is 0 Å². The standard InChI is InChI=1S/C20H29N3O2S/c24-19(14-4-5-14)23-12-8-17-18(9-13-23)26-20(21-17)25-16-6-10-22(11-7-16)15-2-1-3-15/h14-16H,1-13H2. The molecule has 5 rings (SSSR count). The second kappa shape index (κ2) is 7.12. The SMILES string of the molecule is O=C(C1CC1)N1CCc2nc(OC3CCN(C4CCC4)CC3)sc2CC1. The summed E-state index contributed by atoms with van der Waals surface area (Å²) in [5.41, 5.74) is 1.17. The molecule has 0 atom stereocenters. The molecule has 1 amide bonds. The normalized spacial score (nSPS) is 25.5. The van der Waals surface area contributed by atoms with Crippen LogP contribution in [0.3, 0.4) is 0 Å². The lowest BCUT2D eigenvalue weighted by Crippen LogP contribution is -2.46. The van der Waals surface area contributed by atoms with Gasteiger partial charge in [0.2, 0.25) is 5.91 Å². The third kappa shape index (κ3) is 3.50. The van der Waals surface area contributed by atoms with E-state index in [1.807, 2.05) is 0 Å². The number of rotatable bonds is 4. The lowest BCUT2D eigenvalue weighted by Gasteiger charge is -2.41. The molecule has 3 heterocycles. The second-order valence-corrected chi connectivity index (χ2v) is 9.43. The van der Waals surface area contributed by atoms with Gasteiger partial charge >= 0.3 is 0 Å². The van der Waals surface area contributed by atoms with Gasteiger partial charge in [-0.3, -0.25) is 4.79 Å². The molecule has 6 heteroatoms. The van der Waals surface area contributed by atoms with E-state index in [1.54, 1.807) is 11.3 Å². The molecule has 0 unspecified atom stereocenters. The summed E-state index contributed by atoms with van der Waals surface area (Å²) < 4.78 is 6.25. The van der Waals surface area contributed by atoms with Crippen LogP contribution in [0.1, 0.15) is 55.5 Å². The monoisotopic (exact) mass is 375 g/mol. The Bertz CT molecular complexity index is 635. The van der Waals surface area contributed by atoms with Gasteiger partial charge in [-0.25, -0.2) is 4.98 Å². The van der Waals surface area contributed by atoms with Gasteiger partial charge in [-0.2, -0.15) is 0 Å². The summed E-state index contributed by atoms with van der Waals surface area (Å²) in [6.45, 7) is 4.03. The summed E-state index contributed by atoms with van der Waals surface area (Å²) in [4.78, 5) is 23.1. The Morgan fingerprint density at radius 3 is 2.46 bits per heavy atom. The lowest BCUT2D eigenvalue weighted by molar-refractivity contribution is -0.132. The van der Waals surface area contributed by atoms with E-state index >= 15 is 0 Å². The number of likely N-dealkylation sites (tertiary alicyclic amines) is 1. The number of hydrogen-bond donors (Lipinski definition) is 0. The summed E-state index contributed by atoms with van der Waals surface area (Å²) in [6, 6.07) is 0.855. The average Bonchev–Trinajstić information content (AvgIpc) is 3.40. The van der Waals surface area contributed by atoms with Crippen molar-refractivity contribution < 1.29 is 9.53 Å². The first kappa shape index (κ1) is 17.0. The summed E-state index contributed by atoms with van der Waals surface area (Å²) in [6.07, 6.45) is 10.8. The fourth-order valence-corrected chi connectivity index (χ4v) is 5.46. The number of amides is 1. The summed E-state index contributed by atoms with van der Waals surface area (Å²) >= 11 is 1.72. The number of ether oxygens (including phenoxy) is 1. The zero-order chi connectivity index (χ0) is 17.5. The van der Waals surface area contributed by atoms with E-state index in [1.165, 1.54) is 42.9 Å². The number of hydrogen-bond acceptors (Lipinski definition) is 5. The zero-order valence-electron chi connectivity index (χ0n) is 15.5. The van der Waals surface area contributed by atoms with Crippen molar-refractivity contribution in [3.8, 4) is 5.19 Å². The van der Waals surface area contributed by atoms with E-state index < -0.39 is 0 Å². The number of carbonyl (C=O) groups is 1. The molecule has 142 valence electrons. The highest BCUT2D eigenvalue weighted by atomic mass is 32.1. The highest BCUT2D eigenvalue weighted by Gasteiger charge is 2.34. The first-order valence-corrected chi connectivity index (χ1v) is 11.3. The van der Waals surface area contributed by atoms with E-state index in [9.17, 15) is 4.79 Å². The van der Waals surface area contributed by atoms with Crippen molar-refractivity contribution >= 4 is 17.2 Å². The first-order chi connectivity index (χ1) is 12.8. The Morgan fingerprint density at radius 2 is 1.77 bits per heavy atom. The number of nitrogens with zero attached hydrogens (tertiary/aromatic N) is 3. The molecule has 5 nitrogen and oxygen atoms in total. The lowest BCUT2D eigenvalue weighted by atomic mass is 9.90. The predicted octanol–water partition coefficient (Wildman–Crippen LogP) is 2.88. The molecule has 1 saturated heterocycles. The molecular formula is C20H29N3O2S. The maximum atomic E-state index is 12.3. The van der Waals surface area contributed by atoms with Gasteiger partial charge in [0, 0.05) is 55.9 Å². The molecule has 0 spiro atoms. The summed E-state index contributed by atoms with van der Waals surface area (Å²) in [7, 11) is 0. The number of fused-ring (bicyclic) bond motifs is 1. The molecule has 0 N–H and O–H groups in total. The van der Waals surface area contributed by atoms with Gasteiger partial charge in [0.25, 0.3) is 5.19 Å². The maximum absolute atomic E-state index is 12.3. The summed E-state index contributed by atoms with van der Waals surface area (Å²) in [5, 5.41) is 0.860. The molecule has 0 aromatic carbocycles. The smallest absolute Gasteiger partial charge is 0.273 e. The number of carbonyl (C=O) groups excluding carboxylic acids is 1. The van der Waals surface area contributed by atoms with Crippen LogP contribution in [0, 0.1) is 5.92 Å². The van der Waals surface area contributed by atoms with Crippen LogP contribution < -0.4 is 4.74 Å². The second-order valence-electron chi connectivity index (χ2n) is 8.39. The van der Waals surface area contributed by atoms with Crippen molar-refractivity contribution in [2.45, 2.75) is 69.9 Å². The van der Waals surface area contributed by atoms with E-state index in [4.69, 9.17) is 9.72 Å². The molecule has 3 fully saturated rings. The highest BCUT2D eigenvalue weighted by Crippen LogP contribution is 2.34. The Morgan fingerprint density at radius 1 is 1.00 bits per heavy atom. The molecule has 2 saturated carbocycles. The summed E-state index contributed by atoms with van der Waals surface area (Å²) in [5.74, 6) is 0.693. The predicted molar refractivity (Wildman–Crippen MR) is 102 cm³/mol. The van der Waals surface area contributed by atoms with Crippen LogP contribution in [-0.4, -0.2) is 59.0 Å². The molecule has 2 aliphatic heterocycles. The van der Waals surface area contributed by atoms with Gasteiger partial charge in [0.05, 0.1) is 5.69 Å². The van der Waals surface area contributed by atoms with Crippen LogP contribution >= 0.6 is 11.3 Å². The molecular weight excluding hydrogens is 346 g/mol. The average molecular weight is 376 g/mol. The Kier molecular flexibility index (Phi) is 4.65. The molecule has 0 radical (unpaired) electrons. The Balaban J connectivity index is 1.14. The van der Waals surface area contributed by atoms with Crippen LogP contribution in [0.5, 0.6) is 5.19 Å². The fourth-order valence-electron chi connectivity index (χ4n) is 4.45. The number of thiazole rings is 1. The highest BCUT2D eigenvalue weighted by molar-refractivity contribution is 7.13. The minimum absolute atomic E-state index is 0.323. The van der Waals surface area contributed by atoms with E-state index in [0.717, 1.165) is 62.8 Å². The minimum atomic E-state index is 0.323. The van der Waals surface area contributed by atoms with Crippen LogP contribution in [0.2, 0.25) is 0 Å². The molecule has 4 aliphatic rings. The van der Waals surface area contributed by atoms with Crippen molar-refractivity contribution in [3.63, 3.8) is 0 Å². The molecule has 2 aliphatic carbocycles. The topological polar surface area (TPSA) is 45.7 Å². The number of piperidine rings is 1. The molecule has 1 aromatic heterocycles. The van der Waals surface area contributed by atoms with E-state index in [-0.39, 0.29) is 0 Å². The van der Waals surface area contributed by atoms with E-state index in [0.29, 0.717) is 17.9 Å². The van der Waals surface area contributed by atoms with Gasteiger partial charge in [-0.05, 0) is 38.5 Å². The van der Waals surface area contributed by atoms with Gasteiger partial charge in [0.1, 0.15) is 6.10 Å². The maximum Gasteiger partial charge on any atom is 0.273 e. The zero-order valence-corrected chi connectivity index (χ0v) is 16.3. The number of aromatic nitrogens is 1. The fraction of sp³-hybridized carbons (Fsp3) is 0.800. The first-order valence-electron chi connectivity index (χ1n) is 10.4. The Labute approximate surface area is 159 Å². The molecule has 0 bridgehead atoms. The van der Waals surface area contributed by atoms with Gasteiger partial charge in [0.15, 0.2) is 0 Å². The van der Waals surface area contributed by atoms with Crippen molar-refractivity contribution in [2.24, 2.45) is 5.92 Å².